The summed E-state index contributed by atoms with van der Waals surface area (Å²) in [6.07, 6.45) is 3.16. The zero-order valence-corrected chi connectivity index (χ0v) is 12.0. The van der Waals surface area contributed by atoms with Gasteiger partial charge in [0.15, 0.2) is 0 Å². The van der Waals surface area contributed by atoms with Gasteiger partial charge in [0.05, 0.1) is 0 Å². The highest BCUT2D eigenvalue weighted by Crippen LogP contribution is 2.10. The van der Waals surface area contributed by atoms with E-state index in [0.29, 0.717) is 11.6 Å². The molecule has 6 nitrogen and oxygen atoms in total. The molecule has 100 valence electrons. The summed E-state index contributed by atoms with van der Waals surface area (Å²) in [5.74, 6) is 0.290. The quantitative estimate of drug-likeness (QED) is 0.822. The number of imidazole rings is 1. The van der Waals surface area contributed by atoms with E-state index in [1.807, 2.05) is 19.9 Å². The van der Waals surface area contributed by atoms with Crippen LogP contribution in [0.3, 0.4) is 0 Å². The molecule has 2 aromatic rings. The lowest BCUT2D eigenvalue weighted by atomic mass is 10.4. The Labute approximate surface area is 114 Å². The first-order valence-corrected chi connectivity index (χ1v) is 6.86. The van der Waals surface area contributed by atoms with Crippen molar-refractivity contribution in [2.45, 2.75) is 13.8 Å². The molecule has 0 unspecified atom stereocenters. The molecule has 0 aliphatic carbocycles. The summed E-state index contributed by atoms with van der Waals surface area (Å²) in [6.45, 7) is 3.67. The van der Waals surface area contributed by atoms with Crippen molar-refractivity contribution in [1.82, 2.24) is 19.1 Å². The van der Waals surface area contributed by atoms with Gasteiger partial charge in [-0.15, -0.1) is 0 Å². The second kappa shape index (κ2) is 5.00. The predicted octanol–water partition coefficient (Wildman–Crippen LogP) is 1.09. The van der Waals surface area contributed by atoms with Crippen LogP contribution in [-0.2, 0) is 7.05 Å². The summed E-state index contributed by atoms with van der Waals surface area (Å²) in [5, 5.41) is -0.164. The molecule has 0 N–H and O–H groups in total. The molecular weight excluding hydrogens is 264 g/mol. The molecule has 0 bridgehead atoms. The number of aryl methyl sites for hydroxylation is 2. The van der Waals surface area contributed by atoms with Crippen LogP contribution in [0.25, 0.3) is 5.95 Å². The highest BCUT2D eigenvalue weighted by Gasteiger charge is 2.16. The zero-order valence-electron chi connectivity index (χ0n) is 11.2. The van der Waals surface area contributed by atoms with Crippen molar-refractivity contribution >= 4 is 16.9 Å². The molecule has 2 rings (SSSR count). The number of carbonyl (C=O) groups excluding carboxylic acids is 1. The first kappa shape index (κ1) is 13.5. The second-order valence-electron chi connectivity index (χ2n) is 4.17. The standard InChI is InChI=1S/C12H14N4O2S/c1-7-5-8(2)14-11(13-7)16-6-9(10(17)19-4)15(3)12(16)18/h5-6H,1-4H3. The Bertz CT molecular complexity index is 682. The predicted molar refractivity (Wildman–Crippen MR) is 73.9 cm³/mol. The average molecular weight is 278 g/mol. The van der Waals surface area contributed by atoms with Gasteiger partial charge in [-0.25, -0.2) is 19.3 Å². The van der Waals surface area contributed by atoms with Crippen LogP contribution in [0.1, 0.15) is 21.9 Å². The Hall–Kier alpha value is -1.89. The van der Waals surface area contributed by atoms with E-state index in [4.69, 9.17) is 0 Å². The van der Waals surface area contributed by atoms with E-state index in [0.717, 1.165) is 23.1 Å². The SMILES string of the molecule is CSC(=O)c1cn(-c2nc(C)cc(C)n2)c(=O)n1C. The second-order valence-corrected chi connectivity index (χ2v) is 4.95. The summed E-state index contributed by atoms with van der Waals surface area (Å²) >= 11 is 1.06. The molecule has 0 amide bonds. The maximum atomic E-state index is 12.1. The lowest BCUT2D eigenvalue weighted by Crippen LogP contribution is -2.23. The third-order valence-electron chi connectivity index (χ3n) is 2.69. The molecule has 0 spiro atoms. The van der Waals surface area contributed by atoms with E-state index in [1.165, 1.54) is 15.3 Å². The van der Waals surface area contributed by atoms with Gasteiger partial charge in [0.1, 0.15) is 5.69 Å². The van der Waals surface area contributed by atoms with Crippen molar-refractivity contribution < 1.29 is 4.79 Å². The lowest BCUT2D eigenvalue weighted by molar-refractivity contribution is 0.108. The molecule has 0 aromatic carbocycles. The fourth-order valence-electron chi connectivity index (χ4n) is 1.78. The van der Waals surface area contributed by atoms with Crippen LogP contribution in [0.15, 0.2) is 17.1 Å². The van der Waals surface area contributed by atoms with Crippen molar-refractivity contribution in [3.05, 3.63) is 39.8 Å². The summed E-state index contributed by atoms with van der Waals surface area (Å²) in [4.78, 5) is 32.3. The summed E-state index contributed by atoms with van der Waals surface area (Å²) < 4.78 is 2.60. The van der Waals surface area contributed by atoms with Crippen molar-refractivity contribution in [3.63, 3.8) is 0 Å². The van der Waals surface area contributed by atoms with Gasteiger partial charge in [0.2, 0.25) is 11.1 Å². The maximum Gasteiger partial charge on any atom is 0.335 e. The van der Waals surface area contributed by atoms with Crippen LogP contribution >= 0.6 is 11.8 Å². The number of rotatable bonds is 2. The van der Waals surface area contributed by atoms with E-state index in [2.05, 4.69) is 9.97 Å². The summed E-state index contributed by atoms with van der Waals surface area (Å²) in [6, 6.07) is 1.82. The van der Waals surface area contributed by atoms with E-state index in [9.17, 15) is 9.59 Å². The normalized spacial score (nSPS) is 10.7. The van der Waals surface area contributed by atoms with Crippen molar-refractivity contribution in [2.24, 2.45) is 7.05 Å². The fraction of sp³-hybridized carbons (Fsp3) is 0.333. The average Bonchev–Trinajstić information content (AvgIpc) is 2.64. The molecule has 0 aliphatic rings. The van der Waals surface area contributed by atoms with Gasteiger partial charge in [0, 0.05) is 24.6 Å². The molecule has 7 heteroatoms. The van der Waals surface area contributed by atoms with Gasteiger partial charge in [0.25, 0.3) is 0 Å². The molecule has 2 heterocycles. The van der Waals surface area contributed by atoms with Crippen molar-refractivity contribution in [2.75, 3.05) is 6.26 Å². The highest BCUT2D eigenvalue weighted by molar-refractivity contribution is 8.13. The van der Waals surface area contributed by atoms with Gasteiger partial charge >= 0.3 is 5.69 Å². The van der Waals surface area contributed by atoms with Gasteiger partial charge in [-0.05, 0) is 26.2 Å². The van der Waals surface area contributed by atoms with Crippen LogP contribution in [0, 0.1) is 13.8 Å². The van der Waals surface area contributed by atoms with Gasteiger partial charge in [-0.2, -0.15) is 0 Å². The van der Waals surface area contributed by atoms with E-state index < -0.39 is 0 Å². The number of hydrogen-bond donors (Lipinski definition) is 0. The number of hydrogen-bond acceptors (Lipinski definition) is 5. The number of aromatic nitrogens is 4. The van der Waals surface area contributed by atoms with E-state index >= 15 is 0 Å². The van der Waals surface area contributed by atoms with Crippen LogP contribution in [0.5, 0.6) is 0 Å². The first-order chi connectivity index (χ1) is 8.93. The van der Waals surface area contributed by atoms with E-state index in [-0.39, 0.29) is 10.8 Å². The van der Waals surface area contributed by atoms with Gasteiger partial charge < -0.3 is 0 Å². The topological polar surface area (TPSA) is 69.8 Å². The molecule has 0 saturated carbocycles. The number of carbonyl (C=O) groups is 1. The molecule has 0 radical (unpaired) electrons. The monoisotopic (exact) mass is 278 g/mol. The first-order valence-electron chi connectivity index (χ1n) is 5.63. The van der Waals surface area contributed by atoms with Gasteiger partial charge in [-0.3, -0.25) is 9.36 Å². The van der Waals surface area contributed by atoms with Crippen molar-refractivity contribution in [3.8, 4) is 5.95 Å². The van der Waals surface area contributed by atoms with Crippen LogP contribution in [0.4, 0.5) is 0 Å². The maximum absolute atomic E-state index is 12.1. The fourth-order valence-corrected chi connectivity index (χ4v) is 2.18. The Morgan fingerprint density at radius 2 is 1.84 bits per heavy atom. The largest absolute Gasteiger partial charge is 0.335 e. The number of nitrogens with zero attached hydrogens (tertiary/aromatic N) is 4. The third kappa shape index (κ3) is 2.46. The molecule has 0 aliphatic heterocycles. The summed E-state index contributed by atoms with van der Waals surface area (Å²) in [5.41, 5.74) is 1.55. The molecule has 0 atom stereocenters. The van der Waals surface area contributed by atoms with Crippen LogP contribution in [-0.4, -0.2) is 30.5 Å². The molecule has 19 heavy (non-hydrogen) atoms. The minimum Gasteiger partial charge on any atom is -0.291 e. The smallest absolute Gasteiger partial charge is 0.291 e. The molecule has 0 fully saturated rings. The Morgan fingerprint density at radius 1 is 1.26 bits per heavy atom. The highest BCUT2D eigenvalue weighted by atomic mass is 32.2. The Kier molecular flexibility index (Phi) is 3.57. The van der Waals surface area contributed by atoms with Gasteiger partial charge in [-0.1, -0.05) is 11.8 Å². The molecular formula is C12H14N4O2S. The molecule has 2 aromatic heterocycles. The lowest BCUT2D eigenvalue weighted by Gasteiger charge is -2.01. The minimum atomic E-state index is -0.331. The summed E-state index contributed by atoms with van der Waals surface area (Å²) in [7, 11) is 1.56. The number of thioether (sulfide) groups is 1. The van der Waals surface area contributed by atoms with Crippen LogP contribution in [0.2, 0.25) is 0 Å². The third-order valence-corrected chi connectivity index (χ3v) is 3.27. The van der Waals surface area contributed by atoms with Crippen LogP contribution < -0.4 is 5.69 Å². The molecule has 0 saturated heterocycles. The Balaban J connectivity index is 2.63. The minimum absolute atomic E-state index is 0.164. The van der Waals surface area contributed by atoms with Crippen molar-refractivity contribution in [1.29, 1.82) is 0 Å². The van der Waals surface area contributed by atoms with E-state index in [1.54, 1.807) is 13.3 Å². The zero-order chi connectivity index (χ0) is 14.2. The Morgan fingerprint density at radius 3 is 2.37 bits per heavy atom.